The second-order valence-electron chi connectivity index (χ2n) is 3.64. The zero-order chi connectivity index (χ0) is 10.7. The Labute approximate surface area is 88.6 Å². The van der Waals surface area contributed by atoms with Crippen LogP contribution in [0, 0.1) is 5.92 Å². The molecule has 2 nitrogen and oxygen atoms in total. The highest BCUT2D eigenvalue weighted by Gasteiger charge is 2.06. The summed E-state index contributed by atoms with van der Waals surface area (Å²) in [7, 11) is 0. The summed E-state index contributed by atoms with van der Waals surface area (Å²) in [4.78, 5) is 10.6. The van der Waals surface area contributed by atoms with Crippen molar-refractivity contribution < 1.29 is 9.90 Å². The Morgan fingerprint density at radius 1 is 1.13 bits per heavy atom. The zero-order valence-electron chi connectivity index (χ0n) is 8.26. The van der Waals surface area contributed by atoms with Gasteiger partial charge in [0, 0.05) is 0 Å². The molecule has 0 radical (unpaired) electrons. The van der Waals surface area contributed by atoms with E-state index < -0.39 is 5.97 Å². The average Bonchev–Trinajstić information content (AvgIpc) is 2.71. The predicted molar refractivity (Wildman–Crippen MR) is 58.9 cm³/mol. The van der Waals surface area contributed by atoms with Crippen LogP contribution >= 0.6 is 0 Å². The lowest BCUT2D eigenvalue weighted by Crippen LogP contribution is -1.98. The number of allylic oxidation sites excluding steroid dienone is 4. The predicted octanol–water partition coefficient (Wildman–Crippen LogP) is 2.67. The van der Waals surface area contributed by atoms with E-state index in [1.165, 1.54) is 5.56 Å². The fourth-order valence-electron chi connectivity index (χ4n) is 1.67. The maximum atomic E-state index is 10.6. The topological polar surface area (TPSA) is 37.3 Å². The lowest BCUT2D eigenvalue weighted by atomic mass is 10.00. The molecule has 1 aliphatic rings. The summed E-state index contributed by atoms with van der Waals surface area (Å²) in [6.07, 6.45) is 9.30. The Morgan fingerprint density at radius 2 is 1.73 bits per heavy atom. The summed E-state index contributed by atoms with van der Waals surface area (Å²) < 4.78 is 0. The van der Waals surface area contributed by atoms with E-state index >= 15 is 0 Å². The summed E-state index contributed by atoms with van der Waals surface area (Å²) in [6, 6.07) is 7.06. The van der Waals surface area contributed by atoms with E-state index in [2.05, 4.69) is 12.2 Å². The highest BCUT2D eigenvalue weighted by Crippen LogP contribution is 2.16. The quantitative estimate of drug-likeness (QED) is 0.814. The molecular formula is C13H12O2. The second kappa shape index (κ2) is 4.13. The fraction of sp³-hybridized carbons (Fsp3) is 0.154. The van der Waals surface area contributed by atoms with E-state index in [0.717, 1.165) is 6.42 Å². The van der Waals surface area contributed by atoms with Crippen LogP contribution in [-0.4, -0.2) is 11.1 Å². The number of rotatable bonds is 3. The van der Waals surface area contributed by atoms with Crippen molar-refractivity contribution in [3.63, 3.8) is 0 Å². The molecule has 0 aromatic heterocycles. The molecule has 0 aliphatic heterocycles. The van der Waals surface area contributed by atoms with E-state index in [4.69, 9.17) is 5.11 Å². The fourth-order valence-corrected chi connectivity index (χ4v) is 1.67. The maximum Gasteiger partial charge on any atom is 0.335 e. The van der Waals surface area contributed by atoms with Crippen LogP contribution in [0.4, 0.5) is 0 Å². The van der Waals surface area contributed by atoms with Crippen molar-refractivity contribution in [2.75, 3.05) is 0 Å². The van der Waals surface area contributed by atoms with Gasteiger partial charge >= 0.3 is 5.97 Å². The highest BCUT2D eigenvalue weighted by atomic mass is 16.4. The third-order valence-corrected chi connectivity index (χ3v) is 2.50. The van der Waals surface area contributed by atoms with E-state index in [0.29, 0.717) is 11.5 Å². The Balaban J connectivity index is 2.07. The molecule has 0 fully saturated rings. The van der Waals surface area contributed by atoms with Gasteiger partial charge in [-0.1, -0.05) is 36.4 Å². The van der Waals surface area contributed by atoms with Crippen LogP contribution in [-0.2, 0) is 6.42 Å². The summed E-state index contributed by atoms with van der Waals surface area (Å²) >= 11 is 0. The Hall–Kier alpha value is -1.83. The molecule has 0 heterocycles. The van der Waals surface area contributed by atoms with Gasteiger partial charge in [0.05, 0.1) is 5.56 Å². The van der Waals surface area contributed by atoms with E-state index in [-0.39, 0.29) is 0 Å². The molecule has 15 heavy (non-hydrogen) atoms. The minimum atomic E-state index is -0.873. The van der Waals surface area contributed by atoms with Gasteiger partial charge in [0.25, 0.3) is 0 Å². The molecular weight excluding hydrogens is 188 g/mol. The first-order valence-electron chi connectivity index (χ1n) is 4.93. The number of hydrogen-bond acceptors (Lipinski definition) is 1. The highest BCUT2D eigenvalue weighted by molar-refractivity contribution is 5.87. The molecule has 0 atom stereocenters. The van der Waals surface area contributed by atoms with Gasteiger partial charge in [0.2, 0.25) is 0 Å². The van der Waals surface area contributed by atoms with Gasteiger partial charge in [-0.2, -0.15) is 0 Å². The molecule has 1 aromatic carbocycles. The van der Waals surface area contributed by atoms with Gasteiger partial charge in [0.1, 0.15) is 0 Å². The number of benzene rings is 1. The number of carboxylic acid groups (broad SMARTS) is 1. The van der Waals surface area contributed by atoms with Crippen molar-refractivity contribution in [2.45, 2.75) is 6.42 Å². The number of aromatic carboxylic acids is 1. The Kier molecular flexibility index (Phi) is 2.68. The van der Waals surface area contributed by atoms with Crippen molar-refractivity contribution in [2.24, 2.45) is 5.92 Å². The number of carbonyl (C=O) groups is 1. The third kappa shape index (κ3) is 2.34. The van der Waals surface area contributed by atoms with Crippen molar-refractivity contribution in [3.05, 3.63) is 59.7 Å². The number of hydrogen-bond donors (Lipinski definition) is 1. The standard InChI is InChI=1S/C13H12O2/c14-13(15)12-7-5-11(6-8-12)9-10-3-1-2-4-10/h1-8,10H,9H2,(H,14,15). The van der Waals surface area contributed by atoms with Gasteiger partial charge in [0.15, 0.2) is 0 Å². The van der Waals surface area contributed by atoms with Crippen LogP contribution in [0.2, 0.25) is 0 Å². The lowest BCUT2D eigenvalue weighted by molar-refractivity contribution is 0.0697. The van der Waals surface area contributed by atoms with E-state index in [1.54, 1.807) is 12.1 Å². The molecule has 0 bridgehead atoms. The van der Waals surface area contributed by atoms with Crippen LogP contribution in [0.1, 0.15) is 15.9 Å². The summed E-state index contributed by atoms with van der Waals surface area (Å²) in [5.41, 5.74) is 1.51. The van der Waals surface area contributed by atoms with Crippen LogP contribution in [0.15, 0.2) is 48.6 Å². The average molecular weight is 200 g/mol. The van der Waals surface area contributed by atoms with Crippen LogP contribution in [0.3, 0.4) is 0 Å². The van der Waals surface area contributed by atoms with Gasteiger partial charge in [-0.05, 0) is 30.0 Å². The zero-order valence-corrected chi connectivity index (χ0v) is 8.26. The summed E-state index contributed by atoms with van der Waals surface area (Å²) in [5, 5.41) is 8.74. The van der Waals surface area contributed by atoms with E-state index in [9.17, 15) is 4.79 Å². The van der Waals surface area contributed by atoms with Crippen molar-refractivity contribution in [1.29, 1.82) is 0 Å². The second-order valence-corrected chi connectivity index (χ2v) is 3.64. The minimum absolute atomic E-state index is 0.344. The summed E-state index contributed by atoms with van der Waals surface area (Å²) in [5.74, 6) is -0.414. The van der Waals surface area contributed by atoms with Crippen LogP contribution in [0.5, 0.6) is 0 Å². The SMILES string of the molecule is O=C(O)c1ccc(CC2C=CC=C2)cc1. The first kappa shape index (κ1) is 9.71. The molecule has 76 valence electrons. The molecule has 0 saturated carbocycles. The molecule has 2 rings (SSSR count). The largest absolute Gasteiger partial charge is 0.478 e. The lowest BCUT2D eigenvalue weighted by Gasteiger charge is -2.05. The molecule has 0 unspecified atom stereocenters. The van der Waals surface area contributed by atoms with Crippen molar-refractivity contribution in [1.82, 2.24) is 0 Å². The van der Waals surface area contributed by atoms with Crippen LogP contribution in [0.25, 0.3) is 0 Å². The smallest absolute Gasteiger partial charge is 0.335 e. The maximum absolute atomic E-state index is 10.6. The molecule has 0 amide bonds. The first-order valence-corrected chi connectivity index (χ1v) is 4.93. The molecule has 0 saturated heterocycles. The molecule has 1 aliphatic carbocycles. The number of carboxylic acids is 1. The minimum Gasteiger partial charge on any atom is -0.478 e. The van der Waals surface area contributed by atoms with Gasteiger partial charge in [-0.3, -0.25) is 0 Å². The molecule has 1 N–H and O–H groups in total. The van der Waals surface area contributed by atoms with Crippen molar-refractivity contribution >= 4 is 5.97 Å². The van der Waals surface area contributed by atoms with E-state index in [1.807, 2.05) is 24.3 Å². The van der Waals surface area contributed by atoms with Gasteiger partial charge in [-0.25, -0.2) is 4.79 Å². The summed E-state index contributed by atoms with van der Waals surface area (Å²) in [6.45, 7) is 0. The van der Waals surface area contributed by atoms with Gasteiger partial charge in [-0.15, -0.1) is 0 Å². The molecule has 1 aromatic rings. The first-order chi connectivity index (χ1) is 7.25. The van der Waals surface area contributed by atoms with Crippen molar-refractivity contribution in [3.8, 4) is 0 Å². The Bertz CT molecular complexity index is 401. The third-order valence-electron chi connectivity index (χ3n) is 2.50. The van der Waals surface area contributed by atoms with Crippen LogP contribution < -0.4 is 0 Å². The Morgan fingerprint density at radius 3 is 2.27 bits per heavy atom. The molecule has 2 heteroatoms. The normalized spacial score (nSPS) is 14.7. The molecule has 0 spiro atoms. The monoisotopic (exact) mass is 200 g/mol. The van der Waals surface area contributed by atoms with Gasteiger partial charge < -0.3 is 5.11 Å².